The first-order chi connectivity index (χ1) is 9.55. The molecule has 0 aliphatic rings. The first-order valence-electron chi connectivity index (χ1n) is 6.09. The third-order valence-electron chi connectivity index (χ3n) is 2.87. The van der Waals surface area contributed by atoms with Crippen LogP contribution in [0.5, 0.6) is 0 Å². The van der Waals surface area contributed by atoms with E-state index in [9.17, 15) is 4.79 Å². The van der Waals surface area contributed by atoms with Crippen LogP contribution in [0.15, 0.2) is 24.3 Å². The summed E-state index contributed by atoms with van der Waals surface area (Å²) in [5, 5.41) is 16.0. The average molecular weight is 289 g/mol. The van der Waals surface area contributed by atoms with Crippen LogP contribution in [-0.4, -0.2) is 15.7 Å². The van der Waals surface area contributed by atoms with E-state index in [0.29, 0.717) is 22.0 Å². The summed E-state index contributed by atoms with van der Waals surface area (Å²) < 4.78 is 1.53. The summed E-state index contributed by atoms with van der Waals surface area (Å²) in [6.45, 7) is 1.97. The maximum Gasteiger partial charge on any atom is 0.273 e. The third kappa shape index (κ3) is 2.81. The number of nitrogens with one attached hydrogen (secondary N) is 1. The molecule has 0 saturated carbocycles. The van der Waals surface area contributed by atoms with Crippen molar-refractivity contribution in [2.24, 2.45) is 7.05 Å². The van der Waals surface area contributed by atoms with Gasteiger partial charge in [-0.2, -0.15) is 10.4 Å². The van der Waals surface area contributed by atoms with Crippen LogP contribution >= 0.6 is 11.6 Å². The van der Waals surface area contributed by atoms with Crippen molar-refractivity contribution in [2.75, 3.05) is 5.32 Å². The number of amides is 1. The van der Waals surface area contributed by atoms with Crippen molar-refractivity contribution < 1.29 is 4.79 Å². The Morgan fingerprint density at radius 3 is 2.80 bits per heavy atom. The van der Waals surface area contributed by atoms with Crippen molar-refractivity contribution in [3.63, 3.8) is 0 Å². The Hall–Kier alpha value is -2.32. The summed E-state index contributed by atoms with van der Waals surface area (Å²) in [7, 11) is 1.72. The van der Waals surface area contributed by atoms with Gasteiger partial charge in [-0.15, -0.1) is 0 Å². The predicted molar refractivity (Wildman–Crippen MR) is 76.7 cm³/mol. The molecular weight excluding hydrogens is 276 g/mol. The molecule has 6 heteroatoms. The van der Waals surface area contributed by atoms with Gasteiger partial charge in [0.1, 0.15) is 5.69 Å². The molecule has 1 amide bonds. The highest BCUT2D eigenvalue weighted by molar-refractivity contribution is 6.34. The highest BCUT2D eigenvalue weighted by Crippen LogP contribution is 2.23. The summed E-state index contributed by atoms with van der Waals surface area (Å²) in [6.07, 6.45) is 0.763. The third-order valence-corrected chi connectivity index (χ3v) is 3.18. The number of rotatable bonds is 3. The SMILES string of the molecule is CCc1cc(C(=O)Nc2ccc(C#N)cc2Cl)n(C)n1. The molecule has 0 aliphatic carbocycles. The molecule has 1 N–H and O–H groups in total. The van der Waals surface area contributed by atoms with Gasteiger partial charge in [-0.25, -0.2) is 0 Å². The van der Waals surface area contributed by atoms with Gasteiger partial charge in [-0.3, -0.25) is 9.48 Å². The summed E-state index contributed by atoms with van der Waals surface area (Å²) >= 11 is 6.02. The lowest BCUT2D eigenvalue weighted by Crippen LogP contribution is -2.16. The number of halogens is 1. The molecule has 0 saturated heterocycles. The molecule has 1 aromatic heterocycles. The van der Waals surface area contributed by atoms with Crippen molar-refractivity contribution >= 4 is 23.2 Å². The standard InChI is InChI=1S/C14H13ClN4O/c1-3-10-7-13(19(2)18-10)14(20)17-12-5-4-9(8-16)6-11(12)15/h4-7H,3H2,1-2H3,(H,17,20). The zero-order chi connectivity index (χ0) is 14.7. The predicted octanol–water partition coefficient (Wildman–Crippen LogP) is 2.76. The molecule has 0 spiro atoms. The molecule has 2 rings (SSSR count). The minimum Gasteiger partial charge on any atom is -0.319 e. The minimum atomic E-state index is -0.286. The topological polar surface area (TPSA) is 70.7 Å². The van der Waals surface area contributed by atoms with Crippen LogP contribution in [0.4, 0.5) is 5.69 Å². The van der Waals surface area contributed by atoms with Gasteiger partial charge in [0, 0.05) is 7.05 Å². The Morgan fingerprint density at radius 1 is 1.50 bits per heavy atom. The van der Waals surface area contributed by atoms with Gasteiger partial charge in [-0.05, 0) is 30.7 Å². The molecule has 0 unspecified atom stereocenters. The Kier molecular flexibility index (Phi) is 4.06. The highest BCUT2D eigenvalue weighted by Gasteiger charge is 2.14. The van der Waals surface area contributed by atoms with Gasteiger partial charge in [0.05, 0.1) is 28.0 Å². The number of carbonyl (C=O) groups is 1. The van der Waals surface area contributed by atoms with E-state index in [4.69, 9.17) is 16.9 Å². The van der Waals surface area contributed by atoms with Crippen LogP contribution in [0.1, 0.15) is 28.7 Å². The second-order valence-electron chi connectivity index (χ2n) is 4.26. The van der Waals surface area contributed by atoms with E-state index in [1.165, 1.54) is 10.7 Å². The number of aryl methyl sites for hydroxylation is 2. The maximum absolute atomic E-state index is 12.2. The van der Waals surface area contributed by atoms with Gasteiger partial charge in [-0.1, -0.05) is 18.5 Å². The summed E-state index contributed by atoms with van der Waals surface area (Å²) in [4.78, 5) is 12.2. The molecule has 0 radical (unpaired) electrons. The lowest BCUT2D eigenvalue weighted by molar-refractivity contribution is 0.101. The molecule has 20 heavy (non-hydrogen) atoms. The van der Waals surface area contributed by atoms with Gasteiger partial charge in [0.25, 0.3) is 5.91 Å². The smallest absolute Gasteiger partial charge is 0.273 e. The van der Waals surface area contributed by atoms with Crippen molar-refractivity contribution in [3.8, 4) is 6.07 Å². The Labute approximate surface area is 121 Å². The van der Waals surface area contributed by atoms with Crippen LogP contribution in [0.25, 0.3) is 0 Å². The molecule has 0 aliphatic heterocycles. The first-order valence-corrected chi connectivity index (χ1v) is 6.47. The van der Waals surface area contributed by atoms with Crippen LogP contribution in [0, 0.1) is 11.3 Å². The number of anilines is 1. The number of hydrogen-bond acceptors (Lipinski definition) is 3. The average Bonchev–Trinajstić information content (AvgIpc) is 2.82. The van der Waals surface area contributed by atoms with E-state index in [1.54, 1.807) is 25.2 Å². The fraction of sp³-hybridized carbons (Fsp3) is 0.214. The van der Waals surface area contributed by atoms with Gasteiger partial charge >= 0.3 is 0 Å². The number of hydrogen-bond donors (Lipinski definition) is 1. The monoisotopic (exact) mass is 288 g/mol. The fourth-order valence-corrected chi connectivity index (χ4v) is 2.01. The molecule has 0 fully saturated rings. The van der Waals surface area contributed by atoms with Crippen LogP contribution < -0.4 is 5.32 Å². The second-order valence-corrected chi connectivity index (χ2v) is 4.67. The Balaban J connectivity index is 2.23. The zero-order valence-corrected chi connectivity index (χ0v) is 11.9. The molecule has 2 aromatic rings. The van der Waals surface area contributed by atoms with Gasteiger partial charge in [0.15, 0.2) is 0 Å². The van der Waals surface area contributed by atoms with Crippen molar-refractivity contribution in [3.05, 3.63) is 46.2 Å². The highest BCUT2D eigenvalue weighted by atomic mass is 35.5. The number of benzene rings is 1. The number of aromatic nitrogens is 2. The Morgan fingerprint density at radius 2 is 2.25 bits per heavy atom. The molecular formula is C14H13ClN4O. The lowest BCUT2D eigenvalue weighted by Gasteiger charge is -2.07. The van der Waals surface area contributed by atoms with E-state index in [1.807, 2.05) is 13.0 Å². The summed E-state index contributed by atoms with van der Waals surface area (Å²) in [6, 6.07) is 8.45. The van der Waals surface area contributed by atoms with E-state index >= 15 is 0 Å². The zero-order valence-electron chi connectivity index (χ0n) is 11.1. The van der Waals surface area contributed by atoms with Crippen LogP contribution in [-0.2, 0) is 13.5 Å². The number of nitrogens with zero attached hydrogens (tertiary/aromatic N) is 3. The first kappa shape index (κ1) is 14.1. The van der Waals surface area contributed by atoms with E-state index in [2.05, 4.69) is 10.4 Å². The number of carbonyl (C=O) groups excluding carboxylic acids is 1. The van der Waals surface area contributed by atoms with Crippen molar-refractivity contribution in [1.29, 1.82) is 5.26 Å². The fourth-order valence-electron chi connectivity index (χ4n) is 1.78. The van der Waals surface area contributed by atoms with E-state index in [-0.39, 0.29) is 5.91 Å². The van der Waals surface area contributed by atoms with Gasteiger partial charge < -0.3 is 5.32 Å². The number of nitriles is 1. The minimum absolute atomic E-state index is 0.286. The maximum atomic E-state index is 12.2. The summed E-state index contributed by atoms with van der Waals surface area (Å²) in [5.41, 5.74) is 2.22. The second kappa shape index (κ2) is 5.76. The quantitative estimate of drug-likeness (QED) is 0.944. The molecule has 1 heterocycles. The normalized spacial score (nSPS) is 10.1. The molecule has 5 nitrogen and oxygen atoms in total. The van der Waals surface area contributed by atoms with Crippen LogP contribution in [0.3, 0.4) is 0 Å². The molecule has 102 valence electrons. The summed E-state index contributed by atoms with van der Waals surface area (Å²) in [5.74, 6) is -0.286. The van der Waals surface area contributed by atoms with Crippen molar-refractivity contribution in [2.45, 2.75) is 13.3 Å². The Bertz CT molecular complexity index is 700. The van der Waals surface area contributed by atoms with Crippen molar-refractivity contribution in [1.82, 2.24) is 9.78 Å². The molecule has 0 atom stereocenters. The lowest BCUT2D eigenvalue weighted by atomic mass is 10.2. The largest absolute Gasteiger partial charge is 0.319 e. The van der Waals surface area contributed by atoms with E-state index in [0.717, 1.165) is 12.1 Å². The molecule has 1 aromatic carbocycles. The van der Waals surface area contributed by atoms with Gasteiger partial charge in [0.2, 0.25) is 0 Å². The van der Waals surface area contributed by atoms with Crippen LogP contribution in [0.2, 0.25) is 5.02 Å². The molecule has 0 bridgehead atoms. The van der Waals surface area contributed by atoms with E-state index < -0.39 is 0 Å².